The van der Waals surface area contributed by atoms with Gasteiger partial charge >= 0.3 is 0 Å². The quantitative estimate of drug-likeness (QED) is 0.792. The number of aromatic nitrogens is 2. The topological polar surface area (TPSA) is 67.2 Å². The monoisotopic (exact) mass is 394 g/mol. The molecule has 0 aliphatic carbocycles. The normalized spacial score (nSPS) is 15.3. The lowest BCUT2D eigenvalue weighted by Crippen LogP contribution is -2.43. The molecule has 154 valence electrons. The van der Waals surface area contributed by atoms with Crippen molar-refractivity contribution in [3.8, 4) is 5.69 Å². The van der Waals surface area contributed by atoms with Gasteiger partial charge in [0.2, 0.25) is 11.8 Å². The van der Waals surface area contributed by atoms with Crippen molar-refractivity contribution in [2.75, 3.05) is 13.1 Å². The fourth-order valence-electron chi connectivity index (χ4n) is 3.74. The number of aryl methyl sites for hydroxylation is 1. The first kappa shape index (κ1) is 20.8. The van der Waals surface area contributed by atoms with Gasteiger partial charge in [-0.1, -0.05) is 18.2 Å². The number of benzene rings is 1. The van der Waals surface area contributed by atoms with Crippen LogP contribution in [-0.2, 0) is 9.59 Å². The first-order chi connectivity index (χ1) is 13.9. The van der Waals surface area contributed by atoms with E-state index in [-0.39, 0.29) is 23.8 Å². The van der Waals surface area contributed by atoms with Gasteiger partial charge in [-0.05, 0) is 58.7 Å². The number of hydrogen-bond acceptors (Lipinski definition) is 3. The molecule has 6 nitrogen and oxygen atoms in total. The Balaban J connectivity index is 1.63. The third-order valence-corrected chi connectivity index (χ3v) is 5.35. The molecule has 2 amide bonds. The summed E-state index contributed by atoms with van der Waals surface area (Å²) in [5.41, 5.74) is 3.86. The Morgan fingerprint density at radius 2 is 1.79 bits per heavy atom. The maximum atomic E-state index is 12.6. The number of likely N-dealkylation sites (tertiary alicyclic amines) is 1. The van der Waals surface area contributed by atoms with E-state index in [0.717, 1.165) is 22.6 Å². The van der Waals surface area contributed by atoms with Crippen LogP contribution in [0, 0.1) is 19.8 Å². The van der Waals surface area contributed by atoms with Crippen molar-refractivity contribution in [2.45, 2.75) is 46.6 Å². The van der Waals surface area contributed by atoms with Crippen LogP contribution in [0.3, 0.4) is 0 Å². The van der Waals surface area contributed by atoms with Crippen LogP contribution in [0.5, 0.6) is 0 Å². The fourth-order valence-corrected chi connectivity index (χ4v) is 3.74. The van der Waals surface area contributed by atoms with Gasteiger partial charge in [0.1, 0.15) is 0 Å². The fraction of sp³-hybridized carbons (Fsp3) is 0.435. The third-order valence-electron chi connectivity index (χ3n) is 5.35. The summed E-state index contributed by atoms with van der Waals surface area (Å²) in [6.07, 6.45) is 4.90. The Labute approximate surface area is 172 Å². The minimum absolute atomic E-state index is 0.000905. The number of nitrogens with zero attached hydrogens (tertiary/aromatic N) is 3. The second-order valence-corrected chi connectivity index (χ2v) is 7.93. The molecule has 1 aromatic heterocycles. The Bertz CT molecular complexity index is 891. The molecule has 0 unspecified atom stereocenters. The number of para-hydroxylation sites is 1. The minimum Gasteiger partial charge on any atom is -0.354 e. The first-order valence-electron chi connectivity index (χ1n) is 10.3. The lowest BCUT2D eigenvalue weighted by molar-refractivity contribution is -0.132. The Hall–Kier alpha value is -2.89. The summed E-state index contributed by atoms with van der Waals surface area (Å²) in [4.78, 5) is 26.6. The summed E-state index contributed by atoms with van der Waals surface area (Å²) in [5, 5.41) is 7.59. The molecule has 2 aromatic rings. The van der Waals surface area contributed by atoms with Crippen LogP contribution >= 0.6 is 0 Å². The Morgan fingerprint density at radius 3 is 2.41 bits per heavy atom. The standard InChI is InChI=1S/C23H30N4O2/c1-16(2)24-23(29)19-12-14-26(15-13-19)22(28)11-10-21-17(3)25-27(18(21)4)20-8-6-5-7-9-20/h5-11,16,19H,12-15H2,1-4H3,(H,24,29)/b11-10+. The van der Waals surface area contributed by atoms with Crippen molar-refractivity contribution in [1.82, 2.24) is 20.0 Å². The predicted octanol–water partition coefficient (Wildman–Crippen LogP) is 3.27. The van der Waals surface area contributed by atoms with Crippen molar-refractivity contribution in [3.63, 3.8) is 0 Å². The van der Waals surface area contributed by atoms with Crippen LogP contribution in [0.25, 0.3) is 11.8 Å². The molecule has 0 radical (unpaired) electrons. The van der Waals surface area contributed by atoms with Crippen molar-refractivity contribution < 1.29 is 9.59 Å². The summed E-state index contributed by atoms with van der Waals surface area (Å²) in [6.45, 7) is 9.11. The molecule has 6 heteroatoms. The largest absolute Gasteiger partial charge is 0.354 e. The molecule has 29 heavy (non-hydrogen) atoms. The minimum atomic E-state index is -0.0148. The molecule has 3 rings (SSSR count). The van der Waals surface area contributed by atoms with Crippen molar-refractivity contribution in [2.24, 2.45) is 5.92 Å². The molecule has 1 N–H and O–H groups in total. The molecular formula is C23H30N4O2. The highest BCUT2D eigenvalue weighted by Gasteiger charge is 2.26. The van der Waals surface area contributed by atoms with E-state index in [1.165, 1.54) is 0 Å². The number of carbonyl (C=O) groups excluding carboxylic acids is 2. The number of amides is 2. The molecular weight excluding hydrogens is 364 g/mol. The summed E-state index contributed by atoms with van der Waals surface area (Å²) in [5.74, 6) is 0.0835. The first-order valence-corrected chi connectivity index (χ1v) is 10.3. The highest BCUT2D eigenvalue weighted by molar-refractivity contribution is 5.92. The number of hydrogen-bond donors (Lipinski definition) is 1. The van der Waals surface area contributed by atoms with E-state index in [9.17, 15) is 9.59 Å². The second kappa shape index (κ2) is 9.07. The molecule has 0 bridgehead atoms. The van der Waals surface area contributed by atoms with Crippen molar-refractivity contribution in [3.05, 3.63) is 53.4 Å². The maximum Gasteiger partial charge on any atom is 0.246 e. The Kier molecular flexibility index (Phi) is 6.52. The molecule has 1 aromatic carbocycles. The van der Waals surface area contributed by atoms with Crippen LogP contribution in [-0.4, -0.2) is 45.6 Å². The lowest BCUT2D eigenvalue weighted by atomic mass is 9.95. The van der Waals surface area contributed by atoms with E-state index in [0.29, 0.717) is 25.9 Å². The summed E-state index contributed by atoms with van der Waals surface area (Å²) in [6, 6.07) is 10.1. The molecule has 1 fully saturated rings. The molecule has 1 saturated heterocycles. The predicted molar refractivity (Wildman–Crippen MR) is 115 cm³/mol. The van der Waals surface area contributed by atoms with Gasteiger partial charge < -0.3 is 10.2 Å². The van der Waals surface area contributed by atoms with Gasteiger partial charge in [0.15, 0.2) is 0 Å². The molecule has 0 spiro atoms. The SMILES string of the molecule is Cc1nn(-c2ccccc2)c(C)c1/C=C/C(=O)N1CCC(C(=O)NC(C)C)CC1. The van der Waals surface area contributed by atoms with E-state index in [1.807, 2.05) is 73.7 Å². The molecule has 1 aliphatic heterocycles. The van der Waals surface area contributed by atoms with E-state index in [2.05, 4.69) is 10.4 Å². The van der Waals surface area contributed by atoms with Gasteiger partial charge in [-0.15, -0.1) is 0 Å². The van der Waals surface area contributed by atoms with Crippen LogP contribution in [0.1, 0.15) is 43.6 Å². The van der Waals surface area contributed by atoms with E-state index in [4.69, 9.17) is 0 Å². The average Bonchev–Trinajstić information content (AvgIpc) is 3.00. The van der Waals surface area contributed by atoms with E-state index >= 15 is 0 Å². The third kappa shape index (κ3) is 4.94. The van der Waals surface area contributed by atoms with Crippen LogP contribution in [0.4, 0.5) is 0 Å². The smallest absolute Gasteiger partial charge is 0.246 e. The van der Waals surface area contributed by atoms with Gasteiger partial charge in [0.05, 0.1) is 11.4 Å². The summed E-state index contributed by atoms with van der Waals surface area (Å²) < 4.78 is 1.90. The van der Waals surface area contributed by atoms with Crippen LogP contribution < -0.4 is 5.32 Å². The summed E-state index contributed by atoms with van der Waals surface area (Å²) >= 11 is 0. The maximum absolute atomic E-state index is 12.6. The zero-order chi connectivity index (χ0) is 21.0. The van der Waals surface area contributed by atoms with Crippen molar-refractivity contribution in [1.29, 1.82) is 0 Å². The molecule has 2 heterocycles. The number of carbonyl (C=O) groups is 2. The zero-order valence-corrected chi connectivity index (χ0v) is 17.7. The van der Waals surface area contributed by atoms with E-state index < -0.39 is 0 Å². The van der Waals surface area contributed by atoms with Gasteiger partial charge in [0.25, 0.3) is 0 Å². The number of rotatable bonds is 5. The molecule has 0 saturated carbocycles. The second-order valence-electron chi connectivity index (χ2n) is 7.93. The van der Waals surface area contributed by atoms with Gasteiger partial charge in [-0.25, -0.2) is 4.68 Å². The molecule has 0 atom stereocenters. The lowest BCUT2D eigenvalue weighted by Gasteiger charge is -2.31. The Morgan fingerprint density at radius 1 is 1.14 bits per heavy atom. The van der Waals surface area contributed by atoms with Gasteiger partial charge in [-0.3, -0.25) is 9.59 Å². The van der Waals surface area contributed by atoms with Gasteiger partial charge in [-0.2, -0.15) is 5.10 Å². The van der Waals surface area contributed by atoms with Crippen molar-refractivity contribution >= 4 is 17.9 Å². The average molecular weight is 395 g/mol. The van der Waals surface area contributed by atoms with Crippen LogP contribution in [0.15, 0.2) is 36.4 Å². The number of nitrogens with one attached hydrogen (secondary N) is 1. The highest BCUT2D eigenvalue weighted by Crippen LogP contribution is 2.21. The van der Waals surface area contributed by atoms with E-state index in [1.54, 1.807) is 6.08 Å². The zero-order valence-electron chi connectivity index (χ0n) is 17.7. The summed E-state index contributed by atoms with van der Waals surface area (Å²) in [7, 11) is 0. The molecule has 1 aliphatic rings. The van der Waals surface area contributed by atoms with Gasteiger partial charge in [0, 0.05) is 42.4 Å². The van der Waals surface area contributed by atoms with Crippen LogP contribution in [0.2, 0.25) is 0 Å². The number of piperidine rings is 1. The highest BCUT2D eigenvalue weighted by atomic mass is 16.2.